The van der Waals surface area contributed by atoms with Gasteiger partial charge in [0.15, 0.2) is 6.61 Å². The summed E-state index contributed by atoms with van der Waals surface area (Å²) in [5.41, 5.74) is 3.47. The minimum atomic E-state index is -0.587. The van der Waals surface area contributed by atoms with E-state index in [4.69, 9.17) is 9.47 Å². The molecule has 0 unspecified atom stereocenters. The van der Waals surface area contributed by atoms with E-state index in [0.29, 0.717) is 11.4 Å². The number of rotatable bonds is 6. The number of carbonyl (C=O) groups excluding carboxylic acids is 3. The molecular formula is C22H24N2O5. The van der Waals surface area contributed by atoms with E-state index in [1.54, 1.807) is 36.3 Å². The number of anilines is 2. The summed E-state index contributed by atoms with van der Waals surface area (Å²) >= 11 is 0. The minimum absolute atomic E-state index is 0.0757. The number of hydrogen-bond acceptors (Lipinski definition) is 5. The van der Waals surface area contributed by atoms with Crippen molar-refractivity contribution in [2.75, 3.05) is 30.5 Å². The Morgan fingerprint density at radius 2 is 1.86 bits per heavy atom. The van der Waals surface area contributed by atoms with E-state index in [0.717, 1.165) is 16.8 Å². The van der Waals surface area contributed by atoms with Crippen molar-refractivity contribution in [1.82, 2.24) is 0 Å². The number of carbonyl (C=O) groups is 3. The van der Waals surface area contributed by atoms with Crippen LogP contribution in [0.3, 0.4) is 0 Å². The molecule has 29 heavy (non-hydrogen) atoms. The fourth-order valence-corrected chi connectivity index (χ4v) is 3.25. The Hall–Kier alpha value is -3.35. The Kier molecular flexibility index (Phi) is 6.16. The zero-order chi connectivity index (χ0) is 21.0. The normalized spacial score (nSPS) is 15.9. The van der Waals surface area contributed by atoms with Crippen molar-refractivity contribution < 1.29 is 23.9 Å². The van der Waals surface area contributed by atoms with Crippen LogP contribution in [0, 0.1) is 19.8 Å². The highest BCUT2D eigenvalue weighted by atomic mass is 16.5. The van der Waals surface area contributed by atoms with E-state index in [-0.39, 0.29) is 18.9 Å². The Labute approximate surface area is 169 Å². The van der Waals surface area contributed by atoms with Crippen LogP contribution in [-0.2, 0) is 19.1 Å². The smallest absolute Gasteiger partial charge is 0.311 e. The van der Waals surface area contributed by atoms with Gasteiger partial charge in [0.1, 0.15) is 5.75 Å². The van der Waals surface area contributed by atoms with Crippen LogP contribution in [-0.4, -0.2) is 38.0 Å². The molecule has 3 rings (SSSR count). The van der Waals surface area contributed by atoms with Gasteiger partial charge in [-0.1, -0.05) is 12.1 Å². The Bertz CT molecular complexity index is 923. The second-order valence-electron chi connectivity index (χ2n) is 7.01. The molecule has 2 aromatic rings. The van der Waals surface area contributed by atoms with Crippen LogP contribution in [0.4, 0.5) is 11.4 Å². The second-order valence-corrected chi connectivity index (χ2v) is 7.01. The van der Waals surface area contributed by atoms with Crippen LogP contribution in [0.5, 0.6) is 5.75 Å². The maximum atomic E-state index is 12.4. The molecule has 1 aliphatic heterocycles. The summed E-state index contributed by atoms with van der Waals surface area (Å²) < 4.78 is 10.2. The predicted molar refractivity (Wildman–Crippen MR) is 109 cm³/mol. The molecule has 0 bridgehead atoms. The second kappa shape index (κ2) is 8.77. The molecule has 0 spiro atoms. The van der Waals surface area contributed by atoms with Crippen LogP contribution in [0.1, 0.15) is 17.5 Å². The van der Waals surface area contributed by atoms with E-state index in [9.17, 15) is 14.4 Å². The lowest BCUT2D eigenvalue weighted by Gasteiger charge is -2.20. The minimum Gasteiger partial charge on any atom is -0.497 e. The van der Waals surface area contributed by atoms with Crippen LogP contribution in [0.2, 0.25) is 0 Å². The lowest BCUT2D eigenvalue weighted by molar-refractivity contribution is -0.151. The van der Waals surface area contributed by atoms with E-state index in [1.807, 2.05) is 32.0 Å². The topological polar surface area (TPSA) is 84.9 Å². The number of nitrogens with one attached hydrogen (secondary N) is 1. The Morgan fingerprint density at radius 3 is 2.55 bits per heavy atom. The molecule has 1 saturated heterocycles. The molecule has 1 heterocycles. The average molecular weight is 396 g/mol. The lowest BCUT2D eigenvalue weighted by atomic mass is 10.1. The molecule has 2 aromatic carbocycles. The van der Waals surface area contributed by atoms with Gasteiger partial charge in [0.25, 0.3) is 5.91 Å². The molecule has 0 radical (unpaired) electrons. The summed E-state index contributed by atoms with van der Waals surface area (Å²) in [5, 5.41) is 2.65. The van der Waals surface area contributed by atoms with Gasteiger partial charge >= 0.3 is 5.97 Å². The van der Waals surface area contributed by atoms with Gasteiger partial charge in [-0.15, -0.1) is 0 Å². The largest absolute Gasteiger partial charge is 0.497 e. The number of methoxy groups -OCH3 is 1. The van der Waals surface area contributed by atoms with Crippen LogP contribution in [0.15, 0.2) is 42.5 Å². The molecule has 0 saturated carbocycles. The van der Waals surface area contributed by atoms with Crippen LogP contribution >= 0.6 is 0 Å². The summed E-state index contributed by atoms with van der Waals surface area (Å²) in [6, 6.07) is 12.6. The standard InChI is InChI=1S/C22H24N2O5/c1-14-5-4-6-19(15(14)2)24-12-16(11-21(24)26)22(27)29-13-20(25)23-17-7-9-18(28-3)10-8-17/h4-10,16H,11-13H2,1-3H3,(H,23,25)/t16-/m0/s1. The molecule has 2 amide bonds. The zero-order valence-corrected chi connectivity index (χ0v) is 16.7. The number of amides is 2. The maximum Gasteiger partial charge on any atom is 0.311 e. The summed E-state index contributed by atoms with van der Waals surface area (Å²) in [6.07, 6.45) is 0.0757. The first-order valence-corrected chi connectivity index (χ1v) is 9.36. The number of ether oxygens (including phenoxy) is 2. The van der Waals surface area contributed by atoms with Gasteiger partial charge in [-0.3, -0.25) is 14.4 Å². The van der Waals surface area contributed by atoms with Gasteiger partial charge in [0.05, 0.1) is 13.0 Å². The highest BCUT2D eigenvalue weighted by Gasteiger charge is 2.37. The van der Waals surface area contributed by atoms with Gasteiger partial charge in [-0.25, -0.2) is 0 Å². The summed E-state index contributed by atoms with van der Waals surface area (Å²) in [7, 11) is 1.56. The van der Waals surface area contributed by atoms with Crippen molar-refractivity contribution in [3.8, 4) is 5.75 Å². The summed E-state index contributed by atoms with van der Waals surface area (Å²) in [4.78, 5) is 38.4. The third kappa shape index (κ3) is 4.74. The molecule has 7 heteroatoms. The van der Waals surface area contributed by atoms with Crippen molar-refractivity contribution in [3.05, 3.63) is 53.6 Å². The number of aryl methyl sites for hydroxylation is 1. The molecule has 7 nitrogen and oxygen atoms in total. The quantitative estimate of drug-likeness (QED) is 0.759. The molecule has 1 aliphatic rings. The van der Waals surface area contributed by atoms with Gasteiger partial charge in [-0.2, -0.15) is 0 Å². The van der Waals surface area contributed by atoms with Crippen LogP contribution < -0.4 is 15.0 Å². The van der Waals surface area contributed by atoms with Crippen molar-refractivity contribution in [1.29, 1.82) is 0 Å². The fourth-order valence-electron chi connectivity index (χ4n) is 3.25. The van der Waals surface area contributed by atoms with E-state index >= 15 is 0 Å². The van der Waals surface area contributed by atoms with Gasteiger partial charge < -0.3 is 19.7 Å². The van der Waals surface area contributed by atoms with Gasteiger partial charge in [0.2, 0.25) is 5.91 Å². The predicted octanol–water partition coefficient (Wildman–Crippen LogP) is 2.85. The number of esters is 1. The SMILES string of the molecule is COc1ccc(NC(=O)COC(=O)[C@H]2CC(=O)N(c3cccc(C)c3C)C2)cc1. The van der Waals surface area contributed by atoms with Crippen LogP contribution in [0.25, 0.3) is 0 Å². The Morgan fingerprint density at radius 1 is 1.14 bits per heavy atom. The van der Waals surface area contributed by atoms with Crippen molar-refractivity contribution in [2.45, 2.75) is 20.3 Å². The highest BCUT2D eigenvalue weighted by molar-refractivity contribution is 6.00. The summed E-state index contributed by atoms with van der Waals surface area (Å²) in [5.74, 6) is -1.02. The first-order valence-electron chi connectivity index (χ1n) is 9.36. The average Bonchev–Trinajstić information content (AvgIpc) is 3.10. The van der Waals surface area contributed by atoms with Crippen molar-refractivity contribution in [2.24, 2.45) is 5.92 Å². The fraction of sp³-hybridized carbons (Fsp3) is 0.318. The van der Waals surface area contributed by atoms with E-state index < -0.39 is 24.4 Å². The van der Waals surface area contributed by atoms with Gasteiger partial charge in [-0.05, 0) is 55.3 Å². The monoisotopic (exact) mass is 396 g/mol. The first kappa shape index (κ1) is 20.4. The molecule has 1 N–H and O–H groups in total. The van der Waals surface area contributed by atoms with E-state index in [2.05, 4.69) is 5.32 Å². The molecule has 1 atom stereocenters. The molecule has 0 aromatic heterocycles. The third-order valence-corrected chi connectivity index (χ3v) is 5.04. The number of hydrogen-bond donors (Lipinski definition) is 1. The van der Waals surface area contributed by atoms with Crippen molar-refractivity contribution in [3.63, 3.8) is 0 Å². The van der Waals surface area contributed by atoms with Gasteiger partial charge in [0, 0.05) is 24.3 Å². The molecule has 1 fully saturated rings. The lowest BCUT2D eigenvalue weighted by Crippen LogP contribution is -2.28. The van der Waals surface area contributed by atoms with E-state index in [1.165, 1.54) is 0 Å². The summed E-state index contributed by atoms with van der Waals surface area (Å²) in [6.45, 7) is 3.78. The van der Waals surface area contributed by atoms with Crippen molar-refractivity contribution >= 4 is 29.2 Å². The molecular weight excluding hydrogens is 372 g/mol. The molecule has 0 aliphatic carbocycles. The number of benzene rings is 2. The number of nitrogens with zero attached hydrogens (tertiary/aromatic N) is 1. The highest BCUT2D eigenvalue weighted by Crippen LogP contribution is 2.29. The molecule has 152 valence electrons. The maximum absolute atomic E-state index is 12.4. The first-order chi connectivity index (χ1) is 13.9. The third-order valence-electron chi connectivity index (χ3n) is 5.04. The zero-order valence-electron chi connectivity index (χ0n) is 16.7. The Balaban J connectivity index is 1.53.